The molecule has 0 atom stereocenters. The van der Waals surface area contributed by atoms with Gasteiger partial charge in [-0.3, -0.25) is 4.99 Å². The highest BCUT2D eigenvalue weighted by Crippen LogP contribution is 1.96. The zero-order valence-electron chi connectivity index (χ0n) is 4.86. The Labute approximate surface area is 52.2 Å². The Kier molecular flexibility index (Phi) is 0.855. The Morgan fingerprint density at radius 2 is 2.56 bits per heavy atom. The predicted octanol–water partition coefficient (Wildman–Crippen LogP) is -0.289. The Balaban J connectivity index is 2.53. The fourth-order valence-corrected chi connectivity index (χ4v) is 0.850. The molecule has 0 fully saturated rings. The van der Waals surface area contributed by atoms with E-state index < -0.39 is 0 Å². The Morgan fingerprint density at radius 3 is 3.44 bits per heavy atom. The molecule has 0 bridgehead atoms. The van der Waals surface area contributed by atoms with Crippen molar-refractivity contribution in [1.82, 2.24) is 15.0 Å². The molecule has 9 heavy (non-hydrogen) atoms. The minimum absolute atomic E-state index is 0.830. The van der Waals surface area contributed by atoms with Crippen molar-refractivity contribution in [1.29, 1.82) is 0 Å². The standard InChI is InChI=1S/C5H6N4/c1-2-9-5(3-6-1)4-7-8-9/h3-4H,1-2H2. The maximum Gasteiger partial charge on any atom is 0.0992 e. The van der Waals surface area contributed by atoms with Crippen molar-refractivity contribution in [2.24, 2.45) is 4.99 Å². The summed E-state index contributed by atoms with van der Waals surface area (Å²) >= 11 is 0. The van der Waals surface area contributed by atoms with E-state index in [1.165, 1.54) is 0 Å². The molecule has 0 saturated heterocycles. The highest BCUT2D eigenvalue weighted by Gasteiger charge is 2.02. The van der Waals surface area contributed by atoms with Crippen molar-refractivity contribution in [3.05, 3.63) is 11.9 Å². The van der Waals surface area contributed by atoms with E-state index in [0.29, 0.717) is 0 Å². The van der Waals surface area contributed by atoms with E-state index in [1.54, 1.807) is 12.4 Å². The lowest BCUT2D eigenvalue weighted by atomic mass is 10.4. The quantitative estimate of drug-likeness (QED) is 0.474. The molecule has 1 aliphatic heterocycles. The van der Waals surface area contributed by atoms with Gasteiger partial charge in [0.2, 0.25) is 0 Å². The van der Waals surface area contributed by atoms with Crippen LogP contribution in [0.4, 0.5) is 0 Å². The van der Waals surface area contributed by atoms with Crippen LogP contribution in [0.2, 0.25) is 0 Å². The van der Waals surface area contributed by atoms with Crippen molar-refractivity contribution < 1.29 is 0 Å². The molecule has 1 aliphatic rings. The molecule has 2 rings (SSSR count). The zero-order chi connectivity index (χ0) is 6.10. The highest BCUT2D eigenvalue weighted by molar-refractivity contribution is 5.77. The Morgan fingerprint density at radius 1 is 1.56 bits per heavy atom. The van der Waals surface area contributed by atoms with Gasteiger partial charge < -0.3 is 0 Å². The first-order chi connectivity index (χ1) is 4.47. The minimum Gasteiger partial charge on any atom is -0.289 e. The van der Waals surface area contributed by atoms with Crippen LogP contribution in [-0.2, 0) is 6.54 Å². The maximum atomic E-state index is 4.06. The second-order valence-electron chi connectivity index (χ2n) is 1.92. The molecule has 4 nitrogen and oxygen atoms in total. The van der Waals surface area contributed by atoms with Crippen LogP contribution in [0, 0.1) is 0 Å². The van der Waals surface area contributed by atoms with Gasteiger partial charge in [0.05, 0.1) is 25.0 Å². The monoisotopic (exact) mass is 122 g/mol. The van der Waals surface area contributed by atoms with Gasteiger partial charge in [0, 0.05) is 6.21 Å². The van der Waals surface area contributed by atoms with Gasteiger partial charge in [0.25, 0.3) is 0 Å². The average Bonchev–Trinajstić information content (AvgIpc) is 2.33. The van der Waals surface area contributed by atoms with Crippen molar-refractivity contribution in [2.45, 2.75) is 6.54 Å². The van der Waals surface area contributed by atoms with Gasteiger partial charge in [-0.15, -0.1) is 5.10 Å². The number of aromatic nitrogens is 3. The SMILES string of the molecule is C1=NCCn2nncc21. The number of nitrogens with zero attached hydrogens (tertiary/aromatic N) is 4. The third-order valence-electron chi connectivity index (χ3n) is 1.31. The first-order valence-corrected chi connectivity index (χ1v) is 2.85. The van der Waals surface area contributed by atoms with E-state index in [4.69, 9.17) is 0 Å². The molecule has 2 heterocycles. The number of hydrogen-bond acceptors (Lipinski definition) is 3. The fraction of sp³-hybridized carbons (Fsp3) is 0.400. The lowest BCUT2D eigenvalue weighted by molar-refractivity contribution is 0.586. The van der Waals surface area contributed by atoms with Gasteiger partial charge in [0.1, 0.15) is 0 Å². The third-order valence-corrected chi connectivity index (χ3v) is 1.31. The topological polar surface area (TPSA) is 43.1 Å². The molecule has 0 unspecified atom stereocenters. The van der Waals surface area contributed by atoms with E-state index in [-0.39, 0.29) is 0 Å². The van der Waals surface area contributed by atoms with Crippen molar-refractivity contribution in [3.63, 3.8) is 0 Å². The fourth-order valence-electron chi connectivity index (χ4n) is 0.850. The Bertz CT molecular complexity index is 237. The van der Waals surface area contributed by atoms with Gasteiger partial charge in [-0.2, -0.15) is 0 Å². The molecule has 0 N–H and O–H groups in total. The lowest BCUT2D eigenvalue weighted by Crippen LogP contribution is -2.11. The van der Waals surface area contributed by atoms with Gasteiger partial charge in [-0.1, -0.05) is 5.21 Å². The summed E-state index contributed by atoms with van der Waals surface area (Å²) in [5.74, 6) is 0. The lowest BCUT2D eigenvalue weighted by Gasteiger charge is -2.03. The van der Waals surface area contributed by atoms with E-state index in [1.807, 2.05) is 4.68 Å². The summed E-state index contributed by atoms with van der Waals surface area (Å²) in [5.41, 5.74) is 1.00. The zero-order valence-corrected chi connectivity index (χ0v) is 4.86. The van der Waals surface area contributed by atoms with Crippen LogP contribution in [-0.4, -0.2) is 27.8 Å². The van der Waals surface area contributed by atoms with E-state index in [2.05, 4.69) is 15.3 Å². The molecular formula is C5H6N4. The number of hydrogen-bond donors (Lipinski definition) is 0. The van der Waals surface area contributed by atoms with Crippen LogP contribution in [0.15, 0.2) is 11.2 Å². The summed E-state index contributed by atoms with van der Waals surface area (Å²) < 4.78 is 1.84. The molecule has 0 amide bonds. The average molecular weight is 122 g/mol. The van der Waals surface area contributed by atoms with Crippen LogP contribution >= 0.6 is 0 Å². The maximum absolute atomic E-state index is 4.06. The summed E-state index contributed by atoms with van der Waals surface area (Å²) in [4.78, 5) is 4.06. The molecule has 0 spiro atoms. The molecule has 1 aromatic heterocycles. The number of rotatable bonds is 0. The van der Waals surface area contributed by atoms with E-state index in [9.17, 15) is 0 Å². The summed E-state index contributed by atoms with van der Waals surface area (Å²) in [7, 11) is 0. The number of fused-ring (bicyclic) bond motifs is 1. The second kappa shape index (κ2) is 1.65. The molecular weight excluding hydrogens is 116 g/mol. The van der Waals surface area contributed by atoms with E-state index >= 15 is 0 Å². The summed E-state index contributed by atoms with van der Waals surface area (Å²) in [6.07, 6.45) is 3.51. The molecule has 0 radical (unpaired) electrons. The normalized spacial score (nSPS) is 15.6. The first-order valence-electron chi connectivity index (χ1n) is 2.85. The van der Waals surface area contributed by atoms with E-state index in [0.717, 1.165) is 18.8 Å². The van der Waals surface area contributed by atoms with Gasteiger partial charge in [0.15, 0.2) is 0 Å². The molecule has 0 saturated carbocycles. The molecule has 0 aliphatic carbocycles. The van der Waals surface area contributed by atoms with Crippen molar-refractivity contribution in [2.75, 3.05) is 6.54 Å². The predicted molar refractivity (Wildman–Crippen MR) is 32.5 cm³/mol. The third kappa shape index (κ3) is 0.630. The molecule has 0 aromatic carbocycles. The number of aliphatic imine (C=N–C) groups is 1. The Hall–Kier alpha value is -1.19. The van der Waals surface area contributed by atoms with Crippen LogP contribution in [0.1, 0.15) is 5.69 Å². The van der Waals surface area contributed by atoms with Gasteiger partial charge in [-0.05, 0) is 0 Å². The van der Waals surface area contributed by atoms with Crippen LogP contribution < -0.4 is 0 Å². The summed E-state index contributed by atoms with van der Waals surface area (Å²) in [5, 5.41) is 7.56. The van der Waals surface area contributed by atoms with Crippen molar-refractivity contribution in [3.8, 4) is 0 Å². The largest absolute Gasteiger partial charge is 0.289 e. The van der Waals surface area contributed by atoms with Gasteiger partial charge in [-0.25, -0.2) is 4.68 Å². The molecule has 4 heteroatoms. The minimum atomic E-state index is 0.830. The second-order valence-corrected chi connectivity index (χ2v) is 1.92. The molecule has 1 aromatic rings. The van der Waals surface area contributed by atoms with Gasteiger partial charge >= 0.3 is 0 Å². The van der Waals surface area contributed by atoms with Crippen LogP contribution in [0.5, 0.6) is 0 Å². The molecule has 46 valence electrons. The first kappa shape index (κ1) is 4.67. The smallest absolute Gasteiger partial charge is 0.0992 e. The summed E-state index contributed by atoms with van der Waals surface area (Å²) in [6.45, 7) is 1.70. The van der Waals surface area contributed by atoms with Crippen molar-refractivity contribution >= 4 is 6.21 Å². The highest BCUT2D eigenvalue weighted by atomic mass is 15.4. The summed E-state index contributed by atoms with van der Waals surface area (Å²) in [6, 6.07) is 0. The van der Waals surface area contributed by atoms with Crippen LogP contribution in [0.3, 0.4) is 0 Å². The van der Waals surface area contributed by atoms with Crippen LogP contribution in [0.25, 0.3) is 0 Å².